The van der Waals surface area contributed by atoms with Gasteiger partial charge >= 0.3 is 0 Å². The molecule has 0 saturated heterocycles. The van der Waals surface area contributed by atoms with Crippen molar-refractivity contribution in [2.24, 2.45) is 0 Å². The van der Waals surface area contributed by atoms with E-state index in [1.165, 1.54) is 42.2 Å². The first-order chi connectivity index (χ1) is 15.3. The summed E-state index contributed by atoms with van der Waals surface area (Å²) in [6.45, 7) is 6.00. The summed E-state index contributed by atoms with van der Waals surface area (Å²) in [6.07, 6.45) is 0.991. The topological polar surface area (TPSA) is 86.8 Å². The van der Waals surface area contributed by atoms with E-state index >= 15 is 0 Å². The molecule has 0 bridgehead atoms. The number of benzene rings is 2. The number of hydrogen-bond donors (Lipinski definition) is 1. The Kier molecular flexibility index (Phi) is 8.85. The van der Waals surface area contributed by atoms with Gasteiger partial charge in [0.05, 0.1) is 11.9 Å². The number of sulfonamides is 1. The summed E-state index contributed by atoms with van der Waals surface area (Å²) in [5.41, 5.74) is 1.07. The molecule has 33 heavy (non-hydrogen) atoms. The van der Waals surface area contributed by atoms with Crippen LogP contribution in [-0.2, 0) is 26.2 Å². The van der Waals surface area contributed by atoms with Crippen LogP contribution in [0.5, 0.6) is 0 Å². The molecule has 0 aliphatic rings. The van der Waals surface area contributed by atoms with Crippen LogP contribution in [0.25, 0.3) is 0 Å². The predicted octanol–water partition coefficient (Wildman–Crippen LogP) is 3.50. The van der Waals surface area contributed by atoms with Crippen LogP contribution in [-0.4, -0.2) is 50.0 Å². The molecule has 180 valence electrons. The second kappa shape index (κ2) is 11.0. The van der Waals surface area contributed by atoms with Crippen LogP contribution in [0.3, 0.4) is 0 Å². The van der Waals surface area contributed by atoms with Gasteiger partial charge in [0.25, 0.3) is 0 Å². The van der Waals surface area contributed by atoms with Gasteiger partial charge in [-0.2, -0.15) is 0 Å². The van der Waals surface area contributed by atoms with Crippen molar-refractivity contribution in [2.45, 2.75) is 46.3 Å². The lowest BCUT2D eigenvalue weighted by molar-refractivity contribution is -0.139. The lowest BCUT2D eigenvalue weighted by Crippen LogP contribution is -2.52. The minimum atomic E-state index is -3.86. The van der Waals surface area contributed by atoms with Gasteiger partial charge in [0.15, 0.2) is 0 Å². The van der Waals surface area contributed by atoms with E-state index < -0.39 is 40.2 Å². The van der Waals surface area contributed by atoms with E-state index in [0.717, 1.165) is 10.6 Å². The van der Waals surface area contributed by atoms with Crippen LogP contribution in [0.15, 0.2) is 42.5 Å². The molecule has 0 radical (unpaired) electrons. The largest absolute Gasteiger partial charge is 0.352 e. The predicted molar refractivity (Wildman–Crippen MR) is 128 cm³/mol. The van der Waals surface area contributed by atoms with Crippen molar-refractivity contribution < 1.29 is 22.4 Å². The zero-order valence-corrected chi connectivity index (χ0v) is 20.9. The highest BCUT2D eigenvalue weighted by molar-refractivity contribution is 7.92. The van der Waals surface area contributed by atoms with Gasteiger partial charge in [-0.25, -0.2) is 12.8 Å². The Hall–Kier alpha value is -2.65. The van der Waals surface area contributed by atoms with Crippen molar-refractivity contribution in [3.63, 3.8) is 0 Å². The maximum absolute atomic E-state index is 14.3. The number of aryl methyl sites for hydroxylation is 1. The first kappa shape index (κ1) is 26.6. The number of hydrogen-bond acceptors (Lipinski definition) is 4. The smallest absolute Gasteiger partial charge is 0.244 e. The fourth-order valence-corrected chi connectivity index (χ4v) is 4.43. The van der Waals surface area contributed by atoms with Gasteiger partial charge in [-0.3, -0.25) is 13.9 Å². The normalized spacial score (nSPS) is 12.4. The van der Waals surface area contributed by atoms with Gasteiger partial charge < -0.3 is 10.2 Å². The number of carbonyl (C=O) groups excluding carboxylic acids is 2. The monoisotopic (exact) mass is 497 g/mol. The molecular formula is C23H29ClFN3O4S. The molecule has 0 saturated carbocycles. The molecule has 0 heterocycles. The number of halogens is 2. The van der Waals surface area contributed by atoms with E-state index in [1.807, 2.05) is 0 Å². The van der Waals surface area contributed by atoms with E-state index in [2.05, 4.69) is 5.32 Å². The minimum absolute atomic E-state index is 0.172. The number of rotatable bonds is 9. The van der Waals surface area contributed by atoms with Gasteiger partial charge in [-0.15, -0.1) is 0 Å². The Balaban J connectivity index is 2.44. The molecule has 1 atom stereocenters. The third kappa shape index (κ3) is 7.17. The molecule has 0 spiro atoms. The van der Waals surface area contributed by atoms with Gasteiger partial charge in [0.1, 0.15) is 18.4 Å². The molecular weight excluding hydrogens is 469 g/mol. The Bertz CT molecular complexity index is 1120. The molecule has 0 aliphatic heterocycles. The molecule has 2 amide bonds. The zero-order valence-electron chi connectivity index (χ0n) is 19.3. The second-order valence-corrected chi connectivity index (χ2v) is 10.5. The standard InChI is InChI=1S/C23H29ClFN3O4S/c1-15(2)26-23(30)17(4)27(13-18-8-6-7-9-20(18)25)22(29)14-28(33(5,31)32)21-11-10-19(24)12-16(21)3/h6-12,15,17H,13-14H2,1-5H3,(H,26,30)/t17-/m1/s1. The fraction of sp³-hybridized carbons (Fsp3) is 0.391. The van der Waals surface area contributed by atoms with E-state index in [-0.39, 0.29) is 18.2 Å². The Morgan fingerprint density at radius 3 is 2.30 bits per heavy atom. The lowest BCUT2D eigenvalue weighted by Gasteiger charge is -2.32. The molecule has 0 aliphatic carbocycles. The van der Waals surface area contributed by atoms with Crippen molar-refractivity contribution in [3.05, 3.63) is 64.4 Å². The second-order valence-electron chi connectivity index (χ2n) is 8.15. The number of amides is 2. The number of nitrogens with one attached hydrogen (secondary N) is 1. The average Bonchev–Trinajstić information content (AvgIpc) is 2.70. The third-order valence-corrected chi connectivity index (χ3v) is 6.37. The summed E-state index contributed by atoms with van der Waals surface area (Å²) in [4.78, 5) is 27.2. The van der Waals surface area contributed by atoms with E-state index in [4.69, 9.17) is 11.6 Å². The van der Waals surface area contributed by atoms with Crippen LogP contribution >= 0.6 is 11.6 Å². The van der Waals surface area contributed by atoms with Gasteiger partial charge in [-0.1, -0.05) is 29.8 Å². The van der Waals surface area contributed by atoms with Crippen molar-refractivity contribution in [1.82, 2.24) is 10.2 Å². The number of nitrogens with zero attached hydrogens (tertiary/aromatic N) is 2. The highest BCUT2D eigenvalue weighted by atomic mass is 35.5. The van der Waals surface area contributed by atoms with E-state index in [9.17, 15) is 22.4 Å². The van der Waals surface area contributed by atoms with Crippen LogP contribution in [0, 0.1) is 12.7 Å². The first-order valence-corrected chi connectivity index (χ1v) is 12.6. The quantitative estimate of drug-likeness (QED) is 0.574. The van der Waals surface area contributed by atoms with Crippen molar-refractivity contribution in [1.29, 1.82) is 0 Å². The summed E-state index contributed by atoms with van der Waals surface area (Å²) < 4.78 is 40.4. The van der Waals surface area contributed by atoms with Crippen LogP contribution in [0.4, 0.5) is 10.1 Å². The molecule has 1 N–H and O–H groups in total. The van der Waals surface area contributed by atoms with Crippen molar-refractivity contribution in [3.8, 4) is 0 Å². The van der Waals surface area contributed by atoms with Gasteiger partial charge in [-0.05, 0) is 57.5 Å². The molecule has 7 nitrogen and oxygen atoms in total. The lowest BCUT2D eigenvalue weighted by atomic mass is 10.1. The zero-order chi connectivity index (χ0) is 24.9. The molecule has 2 aromatic carbocycles. The molecule has 2 aromatic rings. The third-order valence-electron chi connectivity index (χ3n) is 5.00. The van der Waals surface area contributed by atoms with Crippen molar-refractivity contribution in [2.75, 3.05) is 17.1 Å². The average molecular weight is 498 g/mol. The Labute approximate surface area is 199 Å². The number of anilines is 1. The molecule has 0 aromatic heterocycles. The summed E-state index contributed by atoms with van der Waals surface area (Å²) in [6, 6.07) is 9.42. The van der Waals surface area contributed by atoms with Gasteiger partial charge in [0.2, 0.25) is 21.8 Å². The SMILES string of the molecule is Cc1cc(Cl)ccc1N(CC(=O)N(Cc1ccccc1F)[C@H](C)C(=O)NC(C)C)S(C)(=O)=O. The summed E-state index contributed by atoms with van der Waals surface area (Å²) in [5.74, 6) is -1.60. The number of carbonyl (C=O) groups is 2. The van der Waals surface area contributed by atoms with Crippen LogP contribution in [0.1, 0.15) is 31.9 Å². The molecule has 10 heteroatoms. The van der Waals surface area contributed by atoms with Crippen LogP contribution in [0.2, 0.25) is 5.02 Å². The summed E-state index contributed by atoms with van der Waals surface area (Å²) in [7, 11) is -3.86. The minimum Gasteiger partial charge on any atom is -0.352 e. The first-order valence-electron chi connectivity index (χ1n) is 10.4. The Morgan fingerprint density at radius 2 is 1.76 bits per heavy atom. The highest BCUT2D eigenvalue weighted by Gasteiger charge is 2.31. The van der Waals surface area contributed by atoms with Gasteiger partial charge in [0, 0.05) is 23.2 Å². The fourth-order valence-electron chi connectivity index (χ4n) is 3.29. The molecule has 2 rings (SSSR count). The highest BCUT2D eigenvalue weighted by Crippen LogP contribution is 2.26. The van der Waals surface area contributed by atoms with E-state index in [0.29, 0.717) is 16.3 Å². The van der Waals surface area contributed by atoms with Crippen LogP contribution < -0.4 is 9.62 Å². The van der Waals surface area contributed by atoms with E-state index in [1.54, 1.807) is 32.9 Å². The van der Waals surface area contributed by atoms with Crippen molar-refractivity contribution >= 4 is 39.1 Å². The summed E-state index contributed by atoms with van der Waals surface area (Å²) in [5, 5.41) is 3.16. The molecule has 0 fully saturated rings. The molecule has 0 unspecified atom stereocenters. The summed E-state index contributed by atoms with van der Waals surface area (Å²) >= 11 is 5.99. The maximum atomic E-state index is 14.3. The Morgan fingerprint density at radius 1 is 1.12 bits per heavy atom. The maximum Gasteiger partial charge on any atom is 0.244 e.